The number of halogens is 1. The van der Waals surface area contributed by atoms with Crippen molar-refractivity contribution in [3.05, 3.63) is 17.9 Å². The number of benzene rings is 1. The van der Waals surface area contributed by atoms with Gasteiger partial charge < -0.3 is 19.9 Å². The highest BCUT2D eigenvalue weighted by atomic mass is 19.1. The largest absolute Gasteiger partial charge is 0.494 e. The number of fused-ring (bicyclic) bond motifs is 1. The number of nitrogen functional groups attached to an aromatic ring is 1. The van der Waals surface area contributed by atoms with Crippen molar-refractivity contribution in [2.24, 2.45) is 0 Å². The molecule has 0 atom stereocenters. The van der Waals surface area contributed by atoms with Gasteiger partial charge in [0.05, 0.1) is 18.1 Å². The second-order valence-electron chi connectivity index (χ2n) is 5.17. The first kappa shape index (κ1) is 14.6. The van der Waals surface area contributed by atoms with Crippen LogP contribution in [-0.2, 0) is 6.54 Å². The maximum Gasteiger partial charge on any atom is 0.201 e. The Labute approximate surface area is 118 Å². The van der Waals surface area contributed by atoms with E-state index in [1.54, 1.807) is 6.07 Å². The number of hydrogen-bond donors (Lipinski definition) is 1. The Morgan fingerprint density at radius 2 is 2.15 bits per heavy atom. The van der Waals surface area contributed by atoms with E-state index in [9.17, 15) is 4.39 Å². The number of anilines is 1. The molecule has 0 saturated carbocycles. The van der Waals surface area contributed by atoms with Crippen molar-refractivity contribution in [3.8, 4) is 5.75 Å². The van der Waals surface area contributed by atoms with Crippen molar-refractivity contribution in [1.82, 2.24) is 14.5 Å². The number of rotatable bonds is 5. The van der Waals surface area contributed by atoms with Gasteiger partial charge in [0, 0.05) is 31.3 Å². The number of ether oxygens (including phenoxy) is 1. The van der Waals surface area contributed by atoms with Gasteiger partial charge >= 0.3 is 0 Å². The molecule has 110 valence electrons. The maximum atomic E-state index is 13.7. The third-order valence-electron chi connectivity index (χ3n) is 3.61. The minimum Gasteiger partial charge on any atom is -0.494 e. The summed E-state index contributed by atoms with van der Waals surface area (Å²) in [5.74, 6) is 0.171. The van der Waals surface area contributed by atoms with Gasteiger partial charge in [-0.05, 0) is 20.9 Å². The molecule has 0 fully saturated rings. The fraction of sp³-hybridized carbons (Fsp3) is 0.500. The summed E-state index contributed by atoms with van der Waals surface area (Å²) in [6, 6.07) is 3.45. The summed E-state index contributed by atoms with van der Waals surface area (Å²) in [4.78, 5) is 6.41. The number of methoxy groups -OCH3 is 1. The Hall–Kier alpha value is -1.82. The van der Waals surface area contributed by atoms with Gasteiger partial charge in [-0.15, -0.1) is 0 Å². The molecule has 20 heavy (non-hydrogen) atoms. The van der Waals surface area contributed by atoms with Crippen LogP contribution in [0.1, 0.15) is 13.8 Å². The van der Waals surface area contributed by atoms with E-state index in [0.29, 0.717) is 24.1 Å². The molecular weight excluding hydrogens is 259 g/mol. The topological polar surface area (TPSA) is 56.3 Å². The highest BCUT2D eigenvalue weighted by Crippen LogP contribution is 2.26. The summed E-state index contributed by atoms with van der Waals surface area (Å²) in [6.45, 7) is 5.81. The van der Waals surface area contributed by atoms with E-state index in [-0.39, 0.29) is 5.75 Å². The van der Waals surface area contributed by atoms with Crippen LogP contribution in [0.4, 0.5) is 10.3 Å². The van der Waals surface area contributed by atoms with Crippen LogP contribution in [-0.4, -0.2) is 41.2 Å². The molecular formula is C14H21FN4O. The van der Waals surface area contributed by atoms with E-state index < -0.39 is 5.82 Å². The first-order chi connectivity index (χ1) is 9.43. The number of aromatic nitrogens is 2. The van der Waals surface area contributed by atoms with Crippen LogP contribution in [0.25, 0.3) is 11.0 Å². The normalized spacial score (nSPS) is 11.8. The van der Waals surface area contributed by atoms with Gasteiger partial charge in [-0.2, -0.15) is 0 Å². The van der Waals surface area contributed by atoms with Crippen LogP contribution in [0.15, 0.2) is 12.1 Å². The van der Waals surface area contributed by atoms with Crippen LogP contribution in [0.3, 0.4) is 0 Å². The fourth-order valence-electron chi connectivity index (χ4n) is 2.05. The van der Waals surface area contributed by atoms with E-state index in [1.165, 1.54) is 13.2 Å². The van der Waals surface area contributed by atoms with Crippen LogP contribution >= 0.6 is 0 Å². The van der Waals surface area contributed by atoms with Gasteiger partial charge in [0.15, 0.2) is 11.6 Å². The van der Waals surface area contributed by atoms with Crippen LogP contribution in [0.2, 0.25) is 0 Å². The lowest BCUT2D eigenvalue weighted by molar-refractivity contribution is 0.264. The zero-order valence-electron chi connectivity index (χ0n) is 12.4. The van der Waals surface area contributed by atoms with Crippen LogP contribution in [0.5, 0.6) is 5.75 Å². The molecule has 0 spiro atoms. The van der Waals surface area contributed by atoms with Gasteiger partial charge in [-0.3, -0.25) is 0 Å². The Balaban J connectivity index is 2.35. The summed E-state index contributed by atoms with van der Waals surface area (Å²) in [5, 5.41) is 0. The minimum absolute atomic E-state index is 0.205. The Morgan fingerprint density at radius 1 is 1.45 bits per heavy atom. The Kier molecular flexibility index (Phi) is 4.13. The van der Waals surface area contributed by atoms with Crippen molar-refractivity contribution in [2.45, 2.75) is 26.4 Å². The average molecular weight is 280 g/mol. The van der Waals surface area contributed by atoms with Gasteiger partial charge in [-0.1, -0.05) is 0 Å². The zero-order valence-corrected chi connectivity index (χ0v) is 12.4. The van der Waals surface area contributed by atoms with E-state index >= 15 is 0 Å². The summed E-state index contributed by atoms with van der Waals surface area (Å²) in [5.41, 5.74) is 7.27. The molecule has 1 heterocycles. The molecule has 1 aromatic heterocycles. The molecule has 0 amide bonds. The van der Waals surface area contributed by atoms with E-state index in [4.69, 9.17) is 10.5 Å². The fourth-order valence-corrected chi connectivity index (χ4v) is 2.05. The first-order valence-corrected chi connectivity index (χ1v) is 6.63. The molecule has 5 nitrogen and oxygen atoms in total. The minimum atomic E-state index is -0.427. The molecule has 2 N–H and O–H groups in total. The predicted octanol–water partition coefficient (Wildman–Crippen LogP) is 2.11. The van der Waals surface area contributed by atoms with E-state index in [1.807, 2.05) is 4.57 Å². The third-order valence-corrected chi connectivity index (χ3v) is 3.61. The summed E-state index contributed by atoms with van der Waals surface area (Å²) >= 11 is 0. The highest BCUT2D eigenvalue weighted by Gasteiger charge is 2.13. The molecule has 1 aromatic carbocycles. The first-order valence-electron chi connectivity index (χ1n) is 6.63. The SMILES string of the molecule is COc1cc2c(cc1F)nc(N)n2CCN(C)C(C)C. The molecule has 0 aliphatic carbocycles. The van der Waals surface area contributed by atoms with Crippen molar-refractivity contribution in [3.63, 3.8) is 0 Å². The molecule has 0 aliphatic rings. The molecule has 0 saturated heterocycles. The van der Waals surface area contributed by atoms with Gasteiger partial charge in [0.2, 0.25) is 5.95 Å². The maximum absolute atomic E-state index is 13.7. The van der Waals surface area contributed by atoms with Crippen molar-refractivity contribution in [2.75, 3.05) is 26.4 Å². The van der Waals surface area contributed by atoms with E-state index in [0.717, 1.165) is 12.1 Å². The van der Waals surface area contributed by atoms with E-state index in [2.05, 4.69) is 30.8 Å². The second-order valence-corrected chi connectivity index (χ2v) is 5.17. The third kappa shape index (κ3) is 2.70. The summed E-state index contributed by atoms with van der Waals surface area (Å²) in [6.07, 6.45) is 0. The van der Waals surface area contributed by atoms with Gasteiger partial charge in [0.1, 0.15) is 0 Å². The molecule has 0 unspecified atom stereocenters. The lowest BCUT2D eigenvalue weighted by Gasteiger charge is -2.21. The quantitative estimate of drug-likeness (QED) is 0.911. The van der Waals surface area contributed by atoms with Crippen LogP contribution < -0.4 is 10.5 Å². The monoisotopic (exact) mass is 280 g/mol. The standard InChI is InChI=1S/C14H21FN4O/c1-9(2)18(3)5-6-19-12-8-13(20-4)10(15)7-11(12)17-14(19)16/h7-9H,5-6H2,1-4H3,(H2,16,17). The number of nitrogens with two attached hydrogens (primary N) is 1. The molecule has 6 heteroatoms. The highest BCUT2D eigenvalue weighted by molar-refractivity contribution is 5.80. The summed E-state index contributed by atoms with van der Waals surface area (Å²) < 4.78 is 20.6. The molecule has 0 aliphatic heterocycles. The van der Waals surface area contributed by atoms with Crippen LogP contribution in [0, 0.1) is 5.82 Å². The molecule has 2 aromatic rings. The lowest BCUT2D eigenvalue weighted by Crippen LogP contribution is -2.29. The number of hydrogen-bond acceptors (Lipinski definition) is 4. The Bertz CT molecular complexity index is 609. The number of imidazole rings is 1. The Morgan fingerprint density at radius 3 is 2.75 bits per heavy atom. The zero-order chi connectivity index (χ0) is 14.9. The van der Waals surface area contributed by atoms with Crippen molar-refractivity contribution >= 4 is 17.0 Å². The second kappa shape index (κ2) is 5.66. The van der Waals surface area contributed by atoms with Gasteiger partial charge in [0.25, 0.3) is 0 Å². The number of nitrogens with zero attached hydrogens (tertiary/aromatic N) is 3. The van der Waals surface area contributed by atoms with Crippen molar-refractivity contribution < 1.29 is 9.13 Å². The summed E-state index contributed by atoms with van der Waals surface area (Å²) in [7, 11) is 3.50. The smallest absolute Gasteiger partial charge is 0.201 e. The number of likely N-dealkylation sites (N-methyl/N-ethyl adjacent to an activating group) is 1. The molecule has 0 bridgehead atoms. The van der Waals surface area contributed by atoms with Crippen molar-refractivity contribution in [1.29, 1.82) is 0 Å². The average Bonchev–Trinajstić information content (AvgIpc) is 2.69. The lowest BCUT2D eigenvalue weighted by atomic mass is 10.3. The predicted molar refractivity (Wildman–Crippen MR) is 78.4 cm³/mol. The molecule has 0 radical (unpaired) electrons. The van der Waals surface area contributed by atoms with Gasteiger partial charge in [-0.25, -0.2) is 9.37 Å². The molecule has 2 rings (SSSR count).